The van der Waals surface area contributed by atoms with E-state index in [1.165, 1.54) is 15.5 Å². The van der Waals surface area contributed by atoms with Crippen LogP contribution in [0.2, 0.25) is 0 Å². The van der Waals surface area contributed by atoms with Crippen molar-refractivity contribution in [3.05, 3.63) is 64.8 Å². The predicted molar refractivity (Wildman–Crippen MR) is 96.6 cm³/mol. The molecular weight excluding hydrogens is 330 g/mol. The van der Waals surface area contributed by atoms with Crippen molar-refractivity contribution < 1.29 is 4.79 Å². The Bertz CT molecular complexity index is 978. The molecule has 0 bridgehead atoms. The zero-order valence-corrected chi connectivity index (χ0v) is 14.7. The van der Waals surface area contributed by atoms with Gasteiger partial charge in [0.15, 0.2) is 0 Å². The summed E-state index contributed by atoms with van der Waals surface area (Å²) in [5, 5.41) is 8.09. The molecule has 0 radical (unpaired) electrons. The molecule has 0 spiro atoms. The lowest BCUT2D eigenvalue weighted by atomic mass is 9.91. The van der Waals surface area contributed by atoms with E-state index in [1.54, 1.807) is 12.3 Å². The summed E-state index contributed by atoms with van der Waals surface area (Å²) in [6.45, 7) is 2.01. The SMILES string of the molecule is C[C@H]1CCC[C@H](c2ccccc2)N1C(=O)Cn1ncn2nccc2c1=O. The molecule has 0 N–H and O–H groups in total. The van der Waals surface area contributed by atoms with Crippen LogP contribution < -0.4 is 5.56 Å². The quantitative estimate of drug-likeness (QED) is 0.724. The van der Waals surface area contributed by atoms with Crippen LogP contribution in [0.25, 0.3) is 5.52 Å². The van der Waals surface area contributed by atoms with E-state index in [-0.39, 0.29) is 30.1 Å². The van der Waals surface area contributed by atoms with Crippen LogP contribution in [0, 0.1) is 0 Å². The van der Waals surface area contributed by atoms with Crippen molar-refractivity contribution in [1.29, 1.82) is 0 Å². The van der Waals surface area contributed by atoms with Crippen molar-refractivity contribution in [3.63, 3.8) is 0 Å². The second kappa shape index (κ2) is 6.74. The number of rotatable bonds is 3. The van der Waals surface area contributed by atoms with Crippen LogP contribution in [0.1, 0.15) is 37.8 Å². The molecule has 26 heavy (non-hydrogen) atoms. The summed E-state index contributed by atoms with van der Waals surface area (Å²) in [5.41, 5.74) is 1.25. The fraction of sp³-hybridized carbons (Fsp3) is 0.368. The molecule has 7 heteroatoms. The number of aromatic nitrogens is 4. The highest BCUT2D eigenvalue weighted by atomic mass is 16.2. The molecular formula is C19H21N5O2. The van der Waals surface area contributed by atoms with Gasteiger partial charge >= 0.3 is 0 Å². The molecule has 1 amide bonds. The summed E-state index contributed by atoms with van der Waals surface area (Å²) in [5.74, 6) is -0.0791. The maximum Gasteiger partial charge on any atom is 0.293 e. The number of likely N-dealkylation sites (tertiary alicyclic amines) is 1. The van der Waals surface area contributed by atoms with E-state index < -0.39 is 0 Å². The number of benzene rings is 1. The zero-order valence-electron chi connectivity index (χ0n) is 14.7. The van der Waals surface area contributed by atoms with Crippen molar-refractivity contribution in [2.24, 2.45) is 0 Å². The van der Waals surface area contributed by atoms with Crippen LogP contribution in [0.3, 0.4) is 0 Å². The number of fused-ring (bicyclic) bond motifs is 1. The molecule has 134 valence electrons. The first-order valence-electron chi connectivity index (χ1n) is 8.91. The Kier molecular flexibility index (Phi) is 4.28. The monoisotopic (exact) mass is 351 g/mol. The van der Waals surface area contributed by atoms with Gasteiger partial charge in [-0.2, -0.15) is 10.2 Å². The van der Waals surface area contributed by atoms with Crippen LogP contribution >= 0.6 is 0 Å². The maximum absolute atomic E-state index is 13.1. The third kappa shape index (κ3) is 2.89. The summed E-state index contributed by atoms with van der Waals surface area (Å²) in [4.78, 5) is 27.5. The molecule has 2 aromatic heterocycles. The van der Waals surface area contributed by atoms with Gasteiger partial charge in [0.25, 0.3) is 5.56 Å². The smallest absolute Gasteiger partial charge is 0.293 e. The third-order valence-electron chi connectivity index (χ3n) is 5.09. The molecule has 1 aliphatic rings. The number of carbonyl (C=O) groups excluding carboxylic acids is 1. The number of carbonyl (C=O) groups is 1. The minimum atomic E-state index is -0.306. The second-order valence-electron chi connectivity index (χ2n) is 6.76. The van der Waals surface area contributed by atoms with Gasteiger partial charge in [-0.15, -0.1) is 0 Å². The summed E-state index contributed by atoms with van der Waals surface area (Å²) in [7, 11) is 0. The molecule has 0 saturated carbocycles. The lowest BCUT2D eigenvalue weighted by Crippen LogP contribution is -2.46. The molecule has 0 unspecified atom stereocenters. The number of nitrogens with zero attached hydrogens (tertiary/aromatic N) is 5. The highest BCUT2D eigenvalue weighted by molar-refractivity contribution is 5.77. The van der Waals surface area contributed by atoms with E-state index in [2.05, 4.69) is 29.3 Å². The molecule has 1 aliphatic heterocycles. The first-order valence-corrected chi connectivity index (χ1v) is 8.91. The van der Waals surface area contributed by atoms with Gasteiger partial charge < -0.3 is 4.90 Å². The standard InChI is InChI=1S/C19H21N5O2/c1-14-6-5-9-16(15-7-3-2-4-8-15)24(14)18(25)12-22-19(26)17-10-11-20-23(17)13-21-22/h2-4,7-8,10-11,13-14,16H,5-6,9,12H2,1H3/t14-,16+/m0/s1. The first kappa shape index (κ1) is 16.5. The van der Waals surface area contributed by atoms with E-state index in [0.29, 0.717) is 5.52 Å². The minimum Gasteiger partial charge on any atom is -0.331 e. The third-order valence-corrected chi connectivity index (χ3v) is 5.09. The Morgan fingerprint density at radius 2 is 1.96 bits per heavy atom. The average Bonchev–Trinajstić information content (AvgIpc) is 3.14. The van der Waals surface area contributed by atoms with Crippen LogP contribution in [0.4, 0.5) is 0 Å². The van der Waals surface area contributed by atoms with Crippen molar-refractivity contribution in [1.82, 2.24) is 24.3 Å². The fourth-order valence-electron chi connectivity index (χ4n) is 3.81. The lowest BCUT2D eigenvalue weighted by Gasteiger charge is -2.41. The summed E-state index contributed by atoms with van der Waals surface area (Å²) in [6, 6.07) is 11.9. The fourth-order valence-corrected chi connectivity index (χ4v) is 3.81. The molecule has 3 aromatic rings. The predicted octanol–water partition coefficient (Wildman–Crippen LogP) is 2.03. The van der Waals surface area contributed by atoms with Gasteiger partial charge in [-0.1, -0.05) is 30.3 Å². The normalized spacial score (nSPS) is 20.4. The van der Waals surface area contributed by atoms with Crippen molar-refractivity contribution in [2.75, 3.05) is 0 Å². The van der Waals surface area contributed by atoms with Crippen LogP contribution in [-0.4, -0.2) is 36.2 Å². The molecule has 1 fully saturated rings. The highest BCUT2D eigenvalue weighted by Gasteiger charge is 2.32. The Morgan fingerprint density at radius 1 is 1.15 bits per heavy atom. The van der Waals surface area contributed by atoms with Gasteiger partial charge in [0.2, 0.25) is 5.91 Å². The van der Waals surface area contributed by atoms with Gasteiger partial charge in [0, 0.05) is 6.04 Å². The summed E-state index contributed by atoms with van der Waals surface area (Å²) in [6.07, 6.45) is 5.99. The summed E-state index contributed by atoms with van der Waals surface area (Å²) < 4.78 is 2.64. The van der Waals surface area contributed by atoms with Gasteiger partial charge in [-0.3, -0.25) is 9.59 Å². The van der Waals surface area contributed by atoms with Crippen LogP contribution in [0.15, 0.2) is 53.7 Å². The number of hydrogen-bond donors (Lipinski definition) is 0. The van der Waals surface area contributed by atoms with Crippen LogP contribution in [-0.2, 0) is 11.3 Å². The molecule has 2 atom stereocenters. The Labute approximate surface area is 150 Å². The number of hydrogen-bond acceptors (Lipinski definition) is 4. The maximum atomic E-state index is 13.1. The van der Waals surface area contributed by atoms with Crippen LogP contribution in [0.5, 0.6) is 0 Å². The number of amides is 1. The second-order valence-corrected chi connectivity index (χ2v) is 6.76. The topological polar surface area (TPSA) is 72.5 Å². The van der Waals surface area contributed by atoms with E-state index in [1.807, 2.05) is 23.1 Å². The Hall–Kier alpha value is -2.96. The van der Waals surface area contributed by atoms with Gasteiger partial charge in [-0.05, 0) is 37.8 Å². The molecule has 1 aromatic carbocycles. The first-order chi connectivity index (χ1) is 12.6. The van der Waals surface area contributed by atoms with E-state index in [0.717, 1.165) is 24.8 Å². The molecule has 4 rings (SSSR count). The molecule has 3 heterocycles. The average molecular weight is 351 g/mol. The molecule has 0 aliphatic carbocycles. The van der Waals surface area contributed by atoms with E-state index in [4.69, 9.17) is 0 Å². The van der Waals surface area contributed by atoms with Gasteiger partial charge in [0.05, 0.1) is 12.2 Å². The van der Waals surface area contributed by atoms with Gasteiger partial charge in [-0.25, -0.2) is 9.20 Å². The number of piperidine rings is 1. The Morgan fingerprint density at radius 3 is 2.77 bits per heavy atom. The molecule has 1 saturated heterocycles. The van der Waals surface area contributed by atoms with Crippen molar-refractivity contribution in [3.8, 4) is 0 Å². The lowest BCUT2D eigenvalue weighted by molar-refractivity contribution is -0.139. The summed E-state index contributed by atoms with van der Waals surface area (Å²) >= 11 is 0. The minimum absolute atomic E-state index is 0.0434. The zero-order chi connectivity index (χ0) is 18.1. The molecule has 7 nitrogen and oxygen atoms in total. The Balaban J connectivity index is 1.63. The van der Waals surface area contributed by atoms with E-state index in [9.17, 15) is 9.59 Å². The van der Waals surface area contributed by atoms with Crippen molar-refractivity contribution >= 4 is 11.4 Å². The largest absolute Gasteiger partial charge is 0.331 e. The van der Waals surface area contributed by atoms with E-state index >= 15 is 0 Å². The highest BCUT2D eigenvalue weighted by Crippen LogP contribution is 2.34. The van der Waals surface area contributed by atoms with Crippen molar-refractivity contribution in [2.45, 2.75) is 44.8 Å². The van der Waals surface area contributed by atoms with Gasteiger partial charge in [0.1, 0.15) is 18.4 Å².